The fourth-order valence-corrected chi connectivity index (χ4v) is 1.94. The molecule has 0 saturated carbocycles. The zero-order chi connectivity index (χ0) is 14.7. The smallest absolute Gasteiger partial charge is 0.258 e. The molecule has 0 unspecified atom stereocenters. The van der Waals surface area contributed by atoms with E-state index in [1.165, 1.54) is 24.5 Å². The summed E-state index contributed by atoms with van der Waals surface area (Å²) in [6, 6.07) is 9.41. The zero-order valence-electron chi connectivity index (χ0n) is 10.9. The Hall–Kier alpha value is -3.02. The van der Waals surface area contributed by atoms with E-state index >= 15 is 0 Å². The van der Waals surface area contributed by atoms with E-state index in [4.69, 9.17) is 0 Å². The van der Waals surface area contributed by atoms with Gasteiger partial charge in [0.1, 0.15) is 11.6 Å². The number of H-pyrrole nitrogens is 1. The van der Waals surface area contributed by atoms with Crippen molar-refractivity contribution in [1.29, 1.82) is 0 Å². The van der Waals surface area contributed by atoms with Crippen molar-refractivity contribution in [3.05, 3.63) is 66.4 Å². The first kappa shape index (κ1) is 13.0. The van der Waals surface area contributed by atoms with E-state index in [0.29, 0.717) is 22.5 Å². The number of rotatable bonds is 3. The molecular formula is C15H11FN4O. The molecule has 6 heteroatoms. The molecule has 0 aliphatic rings. The van der Waals surface area contributed by atoms with Gasteiger partial charge in [-0.05, 0) is 29.8 Å². The van der Waals surface area contributed by atoms with Crippen LogP contribution in [0.25, 0.3) is 11.1 Å². The summed E-state index contributed by atoms with van der Waals surface area (Å²) in [5.41, 5.74) is 1.68. The van der Waals surface area contributed by atoms with Gasteiger partial charge in [0.15, 0.2) is 0 Å². The second kappa shape index (κ2) is 5.54. The summed E-state index contributed by atoms with van der Waals surface area (Å²) < 4.78 is 13.3. The highest BCUT2D eigenvalue weighted by atomic mass is 19.1. The summed E-state index contributed by atoms with van der Waals surface area (Å²) in [6.45, 7) is 0. The number of nitrogens with one attached hydrogen (secondary N) is 2. The monoisotopic (exact) mass is 282 g/mol. The van der Waals surface area contributed by atoms with E-state index in [-0.39, 0.29) is 11.7 Å². The Bertz CT molecular complexity index is 770. The van der Waals surface area contributed by atoms with Crippen LogP contribution >= 0.6 is 0 Å². The number of carbonyl (C=O) groups excluding carboxylic acids is 1. The number of amides is 1. The minimum absolute atomic E-state index is 0.315. The lowest BCUT2D eigenvalue weighted by atomic mass is 10.1. The molecule has 0 aliphatic heterocycles. The van der Waals surface area contributed by atoms with Crippen LogP contribution in [0.3, 0.4) is 0 Å². The average Bonchev–Trinajstić information content (AvgIpc) is 2.96. The summed E-state index contributed by atoms with van der Waals surface area (Å²) in [6.07, 6.45) is 4.59. The molecule has 21 heavy (non-hydrogen) atoms. The van der Waals surface area contributed by atoms with Gasteiger partial charge in [-0.15, -0.1) is 0 Å². The SMILES string of the molecule is O=C(Nc1[nH]ncc1-c1cccc(F)c1)c1cccnc1. The average molecular weight is 282 g/mol. The van der Waals surface area contributed by atoms with E-state index < -0.39 is 0 Å². The Kier molecular flexibility index (Phi) is 3.42. The van der Waals surface area contributed by atoms with Crippen LogP contribution in [0.1, 0.15) is 10.4 Å². The maximum absolute atomic E-state index is 13.3. The fraction of sp³-hybridized carbons (Fsp3) is 0. The third-order valence-corrected chi connectivity index (χ3v) is 2.94. The molecule has 0 fully saturated rings. The van der Waals surface area contributed by atoms with Gasteiger partial charge in [-0.3, -0.25) is 14.9 Å². The number of hydrogen-bond acceptors (Lipinski definition) is 3. The van der Waals surface area contributed by atoms with Crippen LogP contribution in [0.4, 0.5) is 10.2 Å². The van der Waals surface area contributed by atoms with Crippen LogP contribution in [-0.2, 0) is 0 Å². The van der Waals surface area contributed by atoms with E-state index in [2.05, 4.69) is 20.5 Å². The Labute approximate surface area is 119 Å². The highest BCUT2D eigenvalue weighted by Crippen LogP contribution is 2.26. The van der Waals surface area contributed by atoms with Crippen molar-refractivity contribution in [2.24, 2.45) is 0 Å². The quantitative estimate of drug-likeness (QED) is 0.776. The normalized spacial score (nSPS) is 10.3. The van der Waals surface area contributed by atoms with E-state index in [1.807, 2.05) is 0 Å². The van der Waals surface area contributed by atoms with Crippen LogP contribution < -0.4 is 5.32 Å². The molecule has 104 valence electrons. The number of anilines is 1. The van der Waals surface area contributed by atoms with Crippen molar-refractivity contribution in [3.63, 3.8) is 0 Å². The second-order valence-corrected chi connectivity index (χ2v) is 4.36. The molecule has 0 saturated heterocycles. The Morgan fingerprint density at radius 2 is 2.10 bits per heavy atom. The van der Waals surface area contributed by atoms with Gasteiger partial charge in [-0.1, -0.05) is 12.1 Å². The summed E-state index contributed by atoms with van der Waals surface area (Å²) in [5, 5.41) is 9.30. The van der Waals surface area contributed by atoms with Crippen molar-refractivity contribution >= 4 is 11.7 Å². The summed E-state index contributed by atoms with van der Waals surface area (Å²) in [4.78, 5) is 16.0. The van der Waals surface area contributed by atoms with Gasteiger partial charge in [0, 0.05) is 18.0 Å². The lowest BCUT2D eigenvalue weighted by Gasteiger charge is -2.06. The minimum atomic E-state index is -0.349. The van der Waals surface area contributed by atoms with Gasteiger partial charge >= 0.3 is 0 Å². The minimum Gasteiger partial charge on any atom is -0.306 e. The molecule has 5 nitrogen and oxygen atoms in total. The first-order valence-electron chi connectivity index (χ1n) is 6.25. The Balaban J connectivity index is 1.88. The number of benzene rings is 1. The Morgan fingerprint density at radius 3 is 2.86 bits per heavy atom. The van der Waals surface area contributed by atoms with Crippen molar-refractivity contribution in [2.45, 2.75) is 0 Å². The van der Waals surface area contributed by atoms with Gasteiger partial charge in [0.05, 0.1) is 11.8 Å². The topological polar surface area (TPSA) is 70.7 Å². The highest BCUT2D eigenvalue weighted by molar-refractivity contribution is 6.05. The van der Waals surface area contributed by atoms with E-state index in [1.54, 1.807) is 30.5 Å². The number of nitrogens with zero attached hydrogens (tertiary/aromatic N) is 2. The molecule has 1 aromatic carbocycles. The maximum atomic E-state index is 13.3. The second-order valence-electron chi connectivity index (χ2n) is 4.36. The molecule has 3 rings (SSSR count). The Morgan fingerprint density at radius 1 is 1.19 bits per heavy atom. The fourth-order valence-electron chi connectivity index (χ4n) is 1.94. The third kappa shape index (κ3) is 2.79. The zero-order valence-corrected chi connectivity index (χ0v) is 10.9. The molecule has 2 aromatic heterocycles. The van der Waals surface area contributed by atoms with Crippen LogP contribution in [0.5, 0.6) is 0 Å². The van der Waals surface area contributed by atoms with Gasteiger partial charge < -0.3 is 5.32 Å². The molecule has 0 radical (unpaired) electrons. The van der Waals surface area contributed by atoms with Gasteiger partial charge in [0.25, 0.3) is 5.91 Å². The van der Waals surface area contributed by atoms with Crippen LogP contribution in [0.2, 0.25) is 0 Å². The number of halogens is 1. The van der Waals surface area contributed by atoms with Crippen molar-refractivity contribution in [3.8, 4) is 11.1 Å². The number of hydrogen-bond donors (Lipinski definition) is 2. The first-order chi connectivity index (χ1) is 10.2. The van der Waals surface area contributed by atoms with Crippen LogP contribution in [-0.4, -0.2) is 21.1 Å². The van der Waals surface area contributed by atoms with Crippen molar-refractivity contribution < 1.29 is 9.18 Å². The predicted molar refractivity (Wildman–Crippen MR) is 76.2 cm³/mol. The molecular weight excluding hydrogens is 271 g/mol. The summed E-state index contributed by atoms with van der Waals surface area (Å²) >= 11 is 0. The van der Waals surface area contributed by atoms with Crippen molar-refractivity contribution in [2.75, 3.05) is 5.32 Å². The molecule has 0 spiro atoms. The van der Waals surface area contributed by atoms with Crippen molar-refractivity contribution in [1.82, 2.24) is 15.2 Å². The van der Waals surface area contributed by atoms with E-state index in [9.17, 15) is 9.18 Å². The molecule has 0 aliphatic carbocycles. The molecule has 3 aromatic rings. The van der Waals surface area contributed by atoms with Crippen LogP contribution in [0, 0.1) is 5.82 Å². The molecule has 2 heterocycles. The van der Waals surface area contributed by atoms with Crippen LogP contribution in [0.15, 0.2) is 55.0 Å². The van der Waals surface area contributed by atoms with Gasteiger partial charge in [-0.25, -0.2) is 4.39 Å². The first-order valence-corrected chi connectivity index (χ1v) is 6.25. The number of pyridine rings is 1. The third-order valence-electron chi connectivity index (χ3n) is 2.94. The number of aromatic nitrogens is 3. The molecule has 2 N–H and O–H groups in total. The largest absolute Gasteiger partial charge is 0.306 e. The molecule has 0 bridgehead atoms. The van der Waals surface area contributed by atoms with Gasteiger partial charge in [0.2, 0.25) is 0 Å². The maximum Gasteiger partial charge on any atom is 0.258 e. The number of aromatic amines is 1. The summed E-state index contributed by atoms with van der Waals surface area (Å²) in [7, 11) is 0. The standard InChI is InChI=1S/C15H11FN4O/c16-12-5-1-3-10(7-12)13-9-18-20-14(13)19-15(21)11-4-2-6-17-8-11/h1-9H,(H2,18,19,20,21). The summed E-state index contributed by atoms with van der Waals surface area (Å²) in [5.74, 6) is -0.252. The molecule has 1 amide bonds. The lowest BCUT2D eigenvalue weighted by molar-refractivity contribution is 0.102. The molecule has 0 atom stereocenters. The van der Waals surface area contributed by atoms with Gasteiger partial charge in [-0.2, -0.15) is 5.10 Å². The predicted octanol–water partition coefficient (Wildman–Crippen LogP) is 2.86. The lowest BCUT2D eigenvalue weighted by Crippen LogP contribution is -2.13. The number of carbonyl (C=O) groups is 1. The van der Waals surface area contributed by atoms with E-state index in [0.717, 1.165) is 0 Å². The highest BCUT2D eigenvalue weighted by Gasteiger charge is 2.12.